The maximum atomic E-state index is 12.7. The van der Waals surface area contributed by atoms with E-state index in [4.69, 9.17) is 4.74 Å². The number of sulfonamides is 1. The number of carboxylic acid groups (broad SMARTS) is 1. The van der Waals surface area contributed by atoms with E-state index in [0.29, 0.717) is 25.3 Å². The molecule has 3 N–H and O–H groups in total. The predicted molar refractivity (Wildman–Crippen MR) is 104 cm³/mol. The van der Waals surface area contributed by atoms with Crippen LogP contribution in [0.4, 0.5) is 5.69 Å². The van der Waals surface area contributed by atoms with Crippen molar-refractivity contribution in [3.8, 4) is 0 Å². The van der Waals surface area contributed by atoms with E-state index < -0.39 is 22.0 Å². The van der Waals surface area contributed by atoms with Gasteiger partial charge in [0, 0.05) is 32.0 Å². The molecule has 27 heavy (non-hydrogen) atoms. The summed E-state index contributed by atoms with van der Waals surface area (Å²) in [6, 6.07) is 12.7. The summed E-state index contributed by atoms with van der Waals surface area (Å²) in [6.45, 7) is 2.80. The first kappa shape index (κ1) is 20.9. The lowest BCUT2D eigenvalue weighted by Crippen LogP contribution is -2.27. The quantitative estimate of drug-likeness (QED) is 0.537. The second-order valence-electron chi connectivity index (χ2n) is 6.04. The Bertz CT molecular complexity index is 869. The van der Waals surface area contributed by atoms with Crippen molar-refractivity contribution in [2.45, 2.75) is 24.3 Å². The Labute approximate surface area is 159 Å². The van der Waals surface area contributed by atoms with Crippen LogP contribution < -0.4 is 10.0 Å². The number of carboxylic acids is 1. The third-order valence-corrected chi connectivity index (χ3v) is 5.54. The van der Waals surface area contributed by atoms with Crippen LogP contribution in [0.2, 0.25) is 0 Å². The molecular weight excluding hydrogens is 368 g/mol. The first-order chi connectivity index (χ1) is 12.8. The molecule has 0 amide bonds. The average molecular weight is 392 g/mol. The molecular formula is C19H24N2O5S. The fraction of sp³-hybridized carbons (Fsp3) is 0.316. The number of nitrogens with one attached hydrogen (secondary N) is 2. The molecule has 8 heteroatoms. The molecule has 2 aromatic carbocycles. The number of anilines is 1. The normalized spacial score (nSPS) is 12.5. The van der Waals surface area contributed by atoms with Crippen molar-refractivity contribution in [3.63, 3.8) is 0 Å². The fourth-order valence-electron chi connectivity index (χ4n) is 2.57. The lowest BCUT2D eigenvalue weighted by Gasteiger charge is -2.16. The maximum Gasteiger partial charge on any atom is 0.337 e. The molecule has 0 spiro atoms. The lowest BCUT2D eigenvalue weighted by molar-refractivity contribution is 0.0697. The Hall–Kier alpha value is -2.42. The molecule has 146 valence electrons. The third kappa shape index (κ3) is 5.78. The van der Waals surface area contributed by atoms with E-state index in [2.05, 4.69) is 10.0 Å². The van der Waals surface area contributed by atoms with Crippen molar-refractivity contribution in [3.05, 3.63) is 59.7 Å². The first-order valence-corrected chi connectivity index (χ1v) is 10.0. The minimum Gasteiger partial charge on any atom is -0.478 e. The van der Waals surface area contributed by atoms with E-state index >= 15 is 0 Å². The van der Waals surface area contributed by atoms with Crippen LogP contribution in [0.15, 0.2) is 53.4 Å². The SMILES string of the molecule is COCCCNc1ccc(S(=O)(=O)N[C@H](C)c2ccccc2)cc1C(=O)O. The molecule has 0 radical (unpaired) electrons. The van der Waals surface area contributed by atoms with Gasteiger partial charge in [0.25, 0.3) is 0 Å². The number of methoxy groups -OCH3 is 1. The number of hydrogen-bond acceptors (Lipinski definition) is 5. The molecule has 0 heterocycles. The van der Waals surface area contributed by atoms with E-state index in [9.17, 15) is 18.3 Å². The minimum absolute atomic E-state index is 0.0925. The zero-order valence-corrected chi connectivity index (χ0v) is 16.1. The van der Waals surface area contributed by atoms with Gasteiger partial charge in [-0.25, -0.2) is 17.9 Å². The largest absolute Gasteiger partial charge is 0.478 e. The van der Waals surface area contributed by atoms with Gasteiger partial charge in [-0.1, -0.05) is 30.3 Å². The van der Waals surface area contributed by atoms with Crippen LogP contribution in [0.1, 0.15) is 35.3 Å². The summed E-state index contributed by atoms with van der Waals surface area (Å²) in [5, 5.41) is 12.4. The zero-order chi connectivity index (χ0) is 19.9. The maximum absolute atomic E-state index is 12.7. The molecule has 0 aromatic heterocycles. The topological polar surface area (TPSA) is 105 Å². The fourth-order valence-corrected chi connectivity index (χ4v) is 3.83. The third-order valence-electron chi connectivity index (χ3n) is 4.00. The van der Waals surface area contributed by atoms with E-state index in [1.54, 1.807) is 14.0 Å². The van der Waals surface area contributed by atoms with Crippen molar-refractivity contribution in [1.29, 1.82) is 0 Å². The van der Waals surface area contributed by atoms with E-state index in [0.717, 1.165) is 5.56 Å². The molecule has 2 aromatic rings. The molecule has 0 saturated carbocycles. The molecule has 0 saturated heterocycles. The molecule has 0 aliphatic heterocycles. The van der Waals surface area contributed by atoms with Crippen LogP contribution in [0.25, 0.3) is 0 Å². The Morgan fingerprint density at radius 3 is 2.52 bits per heavy atom. The summed E-state index contributed by atoms with van der Waals surface area (Å²) in [4.78, 5) is 11.5. The second kappa shape index (κ2) is 9.50. The predicted octanol–water partition coefficient (Wildman–Crippen LogP) is 2.87. The van der Waals surface area contributed by atoms with Gasteiger partial charge in [0.1, 0.15) is 0 Å². The first-order valence-electron chi connectivity index (χ1n) is 8.52. The van der Waals surface area contributed by atoms with Gasteiger partial charge in [-0.15, -0.1) is 0 Å². The monoisotopic (exact) mass is 392 g/mol. The molecule has 0 aliphatic carbocycles. The summed E-state index contributed by atoms with van der Waals surface area (Å²) in [5.41, 5.74) is 1.09. The molecule has 0 unspecified atom stereocenters. The van der Waals surface area contributed by atoms with Crippen LogP contribution in [0, 0.1) is 0 Å². The van der Waals surface area contributed by atoms with Gasteiger partial charge in [-0.05, 0) is 37.1 Å². The van der Waals surface area contributed by atoms with Gasteiger partial charge in [-0.2, -0.15) is 0 Å². The molecule has 1 atom stereocenters. The van der Waals surface area contributed by atoms with Crippen molar-refractivity contribution >= 4 is 21.7 Å². The molecule has 2 rings (SSSR count). The Morgan fingerprint density at radius 2 is 1.89 bits per heavy atom. The number of carbonyl (C=O) groups is 1. The average Bonchev–Trinajstić information content (AvgIpc) is 2.65. The van der Waals surface area contributed by atoms with Gasteiger partial charge in [0.05, 0.1) is 10.5 Å². The van der Waals surface area contributed by atoms with Gasteiger partial charge in [0.15, 0.2) is 0 Å². The molecule has 7 nitrogen and oxygen atoms in total. The highest BCUT2D eigenvalue weighted by Crippen LogP contribution is 2.22. The Kier molecular flexibility index (Phi) is 7.35. The zero-order valence-electron chi connectivity index (χ0n) is 15.3. The van der Waals surface area contributed by atoms with Crippen LogP contribution in [0.5, 0.6) is 0 Å². The van der Waals surface area contributed by atoms with Gasteiger partial charge >= 0.3 is 5.97 Å². The highest BCUT2D eigenvalue weighted by atomic mass is 32.2. The number of benzene rings is 2. The Balaban J connectivity index is 2.21. The number of ether oxygens (including phenoxy) is 1. The molecule has 0 aliphatic rings. The van der Waals surface area contributed by atoms with Crippen molar-refractivity contribution in [2.75, 3.05) is 25.6 Å². The van der Waals surface area contributed by atoms with E-state index in [1.807, 2.05) is 30.3 Å². The van der Waals surface area contributed by atoms with Crippen molar-refractivity contribution in [1.82, 2.24) is 4.72 Å². The van der Waals surface area contributed by atoms with Gasteiger partial charge < -0.3 is 15.2 Å². The van der Waals surface area contributed by atoms with E-state index in [-0.39, 0.29) is 10.5 Å². The summed E-state index contributed by atoms with van der Waals surface area (Å²) in [7, 11) is -2.28. The minimum atomic E-state index is -3.87. The van der Waals surface area contributed by atoms with Gasteiger partial charge in [0.2, 0.25) is 10.0 Å². The van der Waals surface area contributed by atoms with Crippen LogP contribution >= 0.6 is 0 Å². The highest BCUT2D eigenvalue weighted by molar-refractivity contribution is 7.89. The molecule has 0 fully saturated rings. The summed E-state index contributed by atoms with van der Waals surface area (Å²) < 4.78 is 32.8. The van der Waals surface area contributed by atoms with Crippen molar-refractivity contribution < 1.29 is 23.1 Å². The smallest absolute Gasteiger partial charge is 0.337 e. The summed E-state index contributed by atoms with van der Waals surface area (Å²) in [5.74, 6) is -1.20. The van der Waals surface area contributed by atoms with E-state index in [1.165, 1.54) is 18.2 Å². The standard InChI is InChI=1S/C19H24N2O5S/c1-14(15-7-4-3-5-8-15)21-27(24,25)16-9-10-18(17(13-16)19(22)23)20-11-6-12-26-2/h3-5,7-10,13-14,20-21H,6,11-12H2,1-2H3,(H,22,23)/t14-/m1/s1. The Morgan fingerprint density at radius 1 is 1.19 bits per heavy atom. The number of rotatable bonds is 10. The summed E-state index contributed by atoms with van der Waals surface area (Å²) in [6.07, 6.45) is 0.700. The molecule has 0 bridgehead atoms. The second-order valence-corrected chi connectivity index (χ2v) is 7.75. The van der Waals surface area contributed by atoms with Crippen LogP contribution in [-0.4, -0.2) is 39.8 Å². The lowest BCUT2D eigenvalue weighted by atomic mass is 10.1. The number of aromatic carboxylic acids is 1. The summed E-state index contributed by atoms with van der Waals surface area (Å²) >= 11 is 0. The highest BCUT2D eigenvalue weighted by Gasteiger charge is 2.21. The van der Waals surface area contributed by atoms with Gasteiger partial charge in [-0.3, -0.25) is 0 Å². The van der Waals surface area contributed by atoms with Crippen LogP contribution in [0.3, 0.4) is 0 Å². The van der Waals surface area contributed by atoms with Crippen LogP contribution in [-0.2, 0) is 14.8 Å². The number of hydrogen-bond donors (Lipinski definition) is 3. The van der Waals surface area contributed by atoms with Crippen molar-refractivity contribution in [2.24, 2.45) is 0 Å².